The van der Waals surface area contributed by atoms with Crippen molar-refractivity contribution < 1.29 is 9.47 Å². The maximum Gasteiger partial charge on any atom is 0.224 e. The zero-order chi connectivity index (χ0) is 13.0. The van der Waals surface area contributed by atoms with Crippen molar-refractivity contribution in [3.05, 3.63) is 11.9 Å². The minimum absolute atomic E-state index is 0.284. The Bertz CT molecular complexity index is 377. The van der Waals surface area contributed by atoms with Crippen molar-refractivity contribution in [1.82, 2.24) is 15.3 Å². The van der Waals surface area contributed by atoms with E-state index in [2.05, 4.69) is 22.2 Å². The SMILES string of the molecule is CCC1(NCc2c(OC)ncnc2OC)CCC1. The Morgan fingerprint density at radius 3 is 2.22 bits per heavy atom. The molecule has 0 spiro atoms. The average Bonchev–Trinajstić information content (AvgIpc) is 2.37. The van der Waals surface area contributed by atoms with Crippen LogP contribution in [0.2, 0.25) is 0 Å². The number of rotatable bonds is 6. The van der Waals surface area contributed by atoms with Crippen LogP contribution in [0.5, 0.6) is 11.8 Å². The van der Waals surface area contributed by atoms with E-state index in [1.54, 1.807) is 14.2 Å². The Kier molecular flexibility index (Phi) is 4.01. The smallest absolute Gasteiger partial charge is 0.224 e. The molecule has 1 fully saturated rings. The summed E-state index contributed by atoms with van der Waals surface area (Å²) in [7, 11) is 3.23. The molecule has 0 radical (unpaired) electrons. The third kappa shape index (κ3) is 2.41. The summed E-state index contributed by atoms with van der Waals surface area (Å²) < 4.78 is 10.5. The van der Waals surface area contributed by atoms with Crippen molar-refractivity contribution in [1.29, 1.82) is 0 Å². The molecular weight excluding hydrogens is 230 g/mol. The molecule has 0 saturated heterocycles. The molecule has 18 heavy (non-hydrogen) atoms. The van der Waals surface area contributed by atoms with Crippen LogP contribution >= 0.6 is 0 Å². The van der Waals surface area contributed by atoms with E-state index >= 15 is 0 Å². The molecule has 0 amide bonds. The van der Waals surface area contributed by atoms with Gasteiger partial charge in [0.25, 0.3) is 0 Å². The first-order valence-corrected chi connectivity index (χ1v) is 6.41. The van der Waals surface area contributed by atoms with Gasteiger partial charge in [0.2, 0.25) is 11.8 Å². The van der Waals surface area contributed by atoms with Crippen molar-refractivity contribution in [3.63, 3.8) is 0 Å². The fourth-order valence-corrected chi connectivity index (χ4v) is 2.42. The quantitative estimate of drug-likeness (QED) is 0.837. The molecule has 5 nitrogen and oxygen atoms in total. The van der Waals surface area contributed by atoms with Crippen LogP contribution in [0.4, 0.5) is 0 Å². The van der Waals surface area contributed by atoms with Gasteiger partial charge in [0.05, 0.1) is 19.8 Å². The summed E-state index contributed by atoms with van der Waals surface area (Å²) in [5.41, 5.74) is 1.17. The largest absolute Gasteiger partial charge is 0.481 e. The first-order chi connectivity index (χ1) is 8.74. The number of hydrogen-bond donors (Lipinski definition) is 1. The Morgan fingerprint density at radius 2 is 1.83 bits per heavy atom. The molecule has 0 aliphatic heterocycles. The zero-order valence-electron chi connectivity index (χ0n) is 11.3. The fraction of sp³-hybridized carbons (Fsp3) is 0.692. The summed E-state index contributed by atoms with van der Waals surface area (Å²) in [4.78, 5) is 8.25. The first kappa shape index (κ1) is 13.1. The summed E-state index contributed by atoms with van der Waals surface area (Å²) in [6.07, 6.45) is 6.38. The van der Waals surface area contributed by atoms with Crippen LogP contribution in [-0.2, 0) is 6.54 Å². The van der Waals surface area contributed by atoms with Crippen LogP contribution < -0.4 is 14.8 Å². The lowest BCUT2D eigenvalue weighted by molar-refractivity contribution is 0.173. The van der Waals surface area contributed by atoms with Gasteiger partial charge in [-0.05, 0) is 25.7 Å². The predicted molar refractivity (Wildman–Crippen MR) is 68.8 cm³/mol. The molecule has 100 valence electrons. The first-order valence-electron chi connectivity index (χ1n) is 6.41. The van der Waals surface area contributed by atoms with Gasteiger partial charge in [0.15, 0.2) is 0 Å². The minimum atomic E-state index is 0.284. The summed E-state index contributed by atoms with van der Waals surface area (Å²) in [5, 5.41) is 3.61. The van der Waals surface area contributed by atoms with Gasteiger partial charge >= 0.3 is 0 Å². The van der Waals surface area contributed by atoms with Gasteiger partial charge in [-0.25, -0.2) is 9.97 Å². The molecule has 2 rings (SSSR count). The molecule has 1 aliphatic rings. The van der Waals surface area contributed by atoms with Crippen molar-refractivity contribution in [2.24, 2.45) is 0 Å². The summed E-state index contributed by atoms with van der Waals surface area (Å²) in [6.45, 7) is 2.91. The molecule has 0 unspecified atom stereocenters. The number of hydrogen-bond acceptors (Lipinski definition) is 5. The molecule has 0 atom stereocenters. The molecule has 0 bridgehead atoms. The maximum absolute atomic E-state index is 5.27. The maximum atomic E-state index is 5.27. The molecule has 0 aromatic carbocycles. The van der Waals surface area contributed by atoms with Crippen LogP contribution in [0.15, 0.2) is 6.33 Å². The fourth-order valence-electron chi connectivity index (χ4n) is 2.42. The zero-order valence-corrected chi connectivity index (χ0v) is 11.3. The standard InChI is InChI=1S/C13H21N3O2/c1-4-13(6-5-7-13)16-8-10-11(17-2)14-9-15-12(10)18-3/h9,16H,4-8H2,1-3H3. The highest BCUT2D eigenvalue weighted by Gasteiger charge is 2.34. The van der Waals surface area contributed by atoms with E-state index in [0.29, 0.717) is 18.3 Å². The number of nitrogens with one attached hydrogen (secondary N) is 1. The van der Waals surface area contributed by atoms with E-state index in [-0.39, 0.29) is 5.54 Å². The highest BCUT2D eigenvalue weighted by atomic mass is 16.5. The lowest BCUT2D eigenvalue weighted by Gasteiger charge is -2.42. The van der Waals surface area contributed by atoms with Gasteiger partial charge in [-0.1, -0.05) is 6.92 Å². The third-order valence-electron chi connectivity index (χ3n) is 3.88. The van der Waals surface area contributed by atoms with Gasteiger partial charge in [-0.15, -0.1) is 0 Å². The second-order valence-electron chi connectivity index (χ2n) is 4.71. The highest BCUT2D eigenvalue weighted by Crippen LogP contribution is 2.35. The molecule has 5 heteroatoms. The lowest BCUT2D eigenvalue weighted by atomic mass is 9.75. The summed E-state index contributed by atoms with van der Waals surface area (Å²) >= 11 is 0. The van der Waals surface area contributed by atoms with E-state index in [1.807, 2.05) is 0 Å². The Balaban J connectivity index is 2.12. The molecule has 1 aromatic rings. The molecule has 1 heterocycles. The minimum Gasteiger partial charge on any atom is -0.481 e. The average molecular weight is 251 g/mol. The highest BCUT2D eigenvalue weighted by molar-refractivity contribution is 5.34. The summed E-state index contributed by atoms with van der Waals surface area (Å²) in [6, 6.07) is 0. The van der Waals surface area contributed by atoms with E-state index in [4.69, 9.17) is 9.47 Å². The Morgan fingerprint density at radius 1 is 1.22 bits per heavy atom. The number of ether oxygens (including phenoxy) is 2. The number of methoxy groups -OCH3 is 2. The second-order valence-corrected chi connectivity index (χ2v) is 4.71. The molecule has 1 aromatic heterocycles. The lowest BCUT2D eigenvalue weighted by Crippen LogP contribution is -2.49. The van der Waals surface area contributed by atoms with Crippen LogP contribution in [0.25, 0.3) is 0 Å². The van der Waals surface area contributed by atoms with Gasteiger partial charge < -0.3 is 14.8 Å². The molecule has 1 N–H and O–H groups in total. The third-order valence-corrected chi connectivity index (χ3v) is 3.88. The van der Waals surface area contributed by atoms with E-state index < -0.39 is 0 Å². The topological polar surface area (TPSA) is 56.3 Å². The van der Waals surface area contributed by atoms with Gasteiger partial charge in [-0.3, -0.25) is 0 Å². The molecule has 1 saturated carbocycles. The van der Waals surface area contributed by atoms with Gasteiger partial charge in [0.1, 0.15) is 6.33 Å². The van der Waals surface area contributed by atoms with Gasteiger partial charge in [0, 0.05) is 12.1 Å². The Labute approximate surface area is 108 Å². The van der Waals surface area contributed by atoms with E-state index in [1.165, 1.54) is 25.6 Å². The van der Waals surface area contributed by atoms with Crippen LogP contribution in [0.1, 0.15) is 38.2 Å². The van der Waals surface area contributed by atoms with Crippen molar-refractivity contribution in [3.8, 4) is 11.8 Å². The summed E-state index contributed by atoms with van der Waals surface area (Å²) in [5.74, 6) is 1.17. The van der Waals surface area contributed by atoms with Crippen molar-refractivity contribution in [2.75, 3.05) is 14.2 Å². The molecular formula is C13H21N3O2. The normalized spacial score (nSPS) is 17.1. The van der Waals surface area contributed by atoms with Crippen molar-refractivity contribution >= 4 is 0 Å². The van der Waals surface area contributed by atoms with Crippen LogP contribution in [-0.4, -0.2) is 29.7 Å². The van der Waals surface area contributed by atoms with Crippen LogP contribution in [0, 0.1) is 0 Å². The second kappa shape index (κ2) is 5.52. The van der Waals surface area contributed by atoms with E-state index in [0.717, 1.165) is 12.0 Å². The van der Waals surface area contributed by atoms with E-state index in [9.17, 15) is 0 Å². The number of nitrogens with zero attached hydrogens (tertiary/aromatic N) is 2. The monoisotopic (exact) mass is 251 g/mol. The van der Waals surface area contributed by atoms with Gasteiger partial charge in [-0.2, -0.15) is 0 Å². The number of aromatic nitrogens is 2. The van der Waals surface area contributed by atoms with Crippen molar-refractivity contribution in [2.45, 2.75) is 44.7 Å². The Hall–Kier alpha value is -1.36. The van der Waals surface area contributed by atoms with Crippen LogP contribution in [0.3, 0.4) is 0 Å². The predicted octanol–water partition coefficient (Wildman–Crippen LogP) is 1.92. The molecule has 1 aliphatic carbocycles.